The second-order valence-electron chi connectivity index (χ2n) is 6.36. The van der Waals surface area contributed by atoms with Gasteiger partial charge in [-0.25, -0.2) is 0 Å². The minimum absolute atomic E-state index is 0.00979. The second-order valence-corrected chi connectivity index (χ2v) is 6.36. The number of ether oxygens (including phenoxy) is 2. The van der Waals surface area contributed by atoms with Gasteiger partial charge in [0, 0.05) is 18.3 Å². The normalized spacial score (nSPS) is 11.7. The maximum absolute atomic E-state index is 12.1. The largest absolute Gasteiger partial charge is 0.494 e. The lowest BCUT2D eigenvalue weighted by Crippen LogP contribution is -2.41. The van der Waals surface area contributed by atoms with E-state index in [1.54, 1.807) is 12.1 Å². The van der Waals surface area contributed by atoms with Crippen LogP contribution in [-0.4, -0.2) is 31.7 Å². The number of hydrogen-bond acceptors (Lipinski definition) is 4. The van der Waals surface area contributed by atoms with Crippen molar-refractivity contribution in [2.24, 2.45) is 5.92 Å². The van der Waals surface area contributed by atoms with Crippen LogP contribution < -0.4 is 20.1 Å². The highest BCUT2D eigenvalue weighted by molar-refractivity contribution is 5.77. The van der Waals surface area contributed by atoms with Crippen LogP contribution in [0.3, 0.4) is 0 Å². The first-order valence-electron chi connectivity index (χ1n) is 9.02. The van der Waals surface area contributed by atoms with Crippen molar-refractivity contribution in [3.63, 3.8) is 0 Å². The van der Waals surface area contributed by atoms with Crippen LogP contribution in [0.5, 0.6) is 11.5 Å². The first-order chi connectivity index (χ1) is 12.6. The fraction of sp³-hybridized carbons (Fsp3) is 0.381. The van der Waals surface area contributed by atoms with E-state index in [9.17, 15) is 4.79 Å². The predicted octanol–water partition coefficient (Wildman–Crippen LogP) is 3.72. The Bertz CT molecular complexity index is 657. The van der Waals surface area contributed by atoms with Crippen molar-refractivity contribution >= 4 is 11.6 Å². The van der Waals surface area contributed by atoms with Gasteiger partial charge in [-0.05, 0) is 49.2 Å². The Balaban J connectivity index is 1.77. The second kappa shape index (κ2) is 10.3. The number of benzene rings is 2. The zero-order valence-electron chi connectivity index (χ0n) is 15.7. The van der Waals surface area contributed by atoms with Gasteiger partial charge in [0.05, 0.1) is 6.61 Å². The van der Waals surface area contributed by atoms with E-state index >= 15 is 0 Å². The minimum atomic E-state index is -0.139. The van der Waals surface area contributed by atoms with E-state index in [2.05, 4.69) is 24.5 Å². The van der Waals surface area contributed by atoms with Crippen LogP contribution in [0.2, 0.25) is 0 Å². The van der Waals surface area contributed by atoms with E-state index in [-0.39, 0.29) is 18.6 Å². The zero-order valence-corrected chi connectivity index (χ0v) is 15.7. The third-order valence-corrected chi connectivity index (χ3v) is 3.95. The molecule has 1 atom stereocenters. The SMILES string of the molecule is CCOc1ccc(OCC(=O)NC[C@H](Nc2ccccc2)C(C)C)cc1. The summed E-state index contributed by atoms with van der Waals surface area (Å²) in [7, 11) is 0. The number of hydrogen-bond donors (Lipinski definition) is 2. The van der Waals surface area contributed by atoms with Crippen LogP contribution >= 0.6 is 0 Å². The predicted molar refractivity (Wildman–Crippen MR) is 105 cm³/mol. The van der Waals surface area contributed by atoms with Gasteiger partial charge in [0.1, 0.15) is 11.5 Å². The number of carbonyl (C=O) groups is 1. The van der Waals surface area contributed by atoms with E-state index in [0.717, 1.165) is 11.4 Å². The Hall–Kier alpha value is -2.69. The van der Waals surface area contributed by atoms with Gasteiger partial charge < -0.3 is 20.1 Å². The van der Waals surface area contributed by atoms with Crippen molar-refractivity contribution in [3.8, 4) is 11.5 Å². The molecule has 5 heteroatoms. The maximum atomic E-state index is 12.1. The molecule has 2 rings (SSSR count). The summed E-state index contributed by atoms with van der Waals surface area (Å²) in [5.41, 5.74) is 1.05. The van der Waals surface area contributed by atoms with Gasteiger partial charge in [-0.3, -0.25) is 4.79 Å². The fourth-order valence-corrected chi connectivity index (χ4v) is 2.42. The molecule has 2 N–H and O–H groups in total. The molecule has 1 amide bonds. The summed E-state index contributed by atoms with van der Waals surface area (Å²) in [6, 6.07) is 17.4. The van der Waals surface area contributed by atoms with E-state index < -0.39 is 0 Å². The number of anilines is 1. The smallest absolute Gasteiger partial charge is 0.258 e. The van der Waals surface area contributed by atoms with Crippen molar-refractivity contribution in [1.82, 2.24) is 5.32 Å². The maximum Gasteiger partial charge on any atom is 0.258 e. The van der Waals surface area contributed by atoms with Crippen molar-refractivity contribution in [1.29, 1.82) is 0 Å². The lowest BCUT2D eigenvalue weighted by atomic mass is 10.0. The molecule has 2 aromatic rings. The molecule has 26 heavy (non-hydrogen) atoms. The van der Waals surface area contributed by atoms with Crippen LogP contribution in [0.1, 0.15) is 20.8 Å². The molecule has 0 aliphatic rings. The van der Waals surface area contributed by atoms with Gasteiger partial charge in [-0.1, -0.05) is 32.0 Å². The van der Waals surface area contributed by atoms with Gasteiger partial charge >= 0.3 is 0 Å². The molecule has 140 valence electrons. The molecule has 2 aromatic carbocycles. The standard InChI is InChI=1S/C21H28N2O3/c1-4-25-18-10-12-19(13-11-18)26-15-21(24)22-14-20(16(2)3)23-17-8-6-5-7-9-17/h5-13,16,20,23H,4,14-15H2,1-3H3,(H,22,24)/t20-/m0/s1. The molecule has 5 nitrogen and oxygen atoms in total. The molecule has 0 aromatic heterocycles. The Labute approximate surface area is 155 Å². The Kier molecular flexibility index (Phi) is 7.80. The van der Waals surface area contributed by atoms with Gasteiger partial charge in [-0.15, -0.1) is 0 Å². The third-order valence-electron chi connectivity index (χ3n) is 3.95. The molecule has 0 heterocycles. The lowest BCUT2D eigenvalue weighted by molar-refractivity contribution is -0.123. The average molecular weight is 356 g/mol. The van der Waals surface area contributed by atoms with Gasteiger partial charge in [0.15, 0.2) is 6.61 Å². The summed E-state index contributed by atoms with van der Waals surface area (Å²) in [5, 5.41) is 6.39. The van der Waals surface area contributed by atoms with E-state index in [1.165, 1.54) is 0 Å². The van der Waals surface area contributed by atoms with Crippen molar-refractivity contribution in [3.05, 3.63) is 54.6 Å². The topological polar surface area (TPSA) is 59.6 Å². The molecule has 0 aliphatic carbocycles. The summed E-state index contributed by atoms with van der Waals surface area (Å²) < 4.78 is 10.9. The molecule has 0 bridgehead atoms. The molecule has 0 saturated carbocycles. The van der Waals surface area contributed by atoms with E-state index in [1.807, 2.05) is 49.4 Å². The van der Waals surface area contributed by atoms with E-state index in [0.29, 0.717) is 24.8 Å². The van der Waals surface area contributed by atoms with Crippen LogP contribution in [0, 0.1) is 5.92 Å². The summed E-state index contributed by atoms with van der Waals surface area (Å²) in [6.45, 7) is 7.34. The molecule has 0 radical (unpaired) electrons. The first-order valence-corrected chi connectivity index (χ1v) is 9.02. The van der Waals surface area contributed by atoms with Crippen molar-refractivity contribution < 1.29 is 14.3 Å². The summed E-state index contributed by atoms with van der Waals surface area (Å²) >= 11 is 0. The average Bonchev–Trinajstić information content (AvgIpc) is 2.65. The van der Waals surface area contributed by atoms with Crippen molar-refractivity contribution in [2.75, 3.05) is 25.1 Å². The minimum Gasteiger partial charge on any atom is -0.494 e. The Morgan fingerprint density at radius 2 is 1.58 bits per heavy atom. The molecule has 0 fully saturated rings. The molecule has 0 unspecified atom stereocenters. The quantitative estimate of drug-likeness (QED) is 0.681. The third kappa shape index (κ3) is 6.67. The fourth-order valence-electron chi connectivity index (χ4n) is 2.42. The number of para-hydroxylation sites is 1. The van der Waals surface area contributed by atoms with Crippen LogP contribution in [0.15, 0.2) is 54.6 Å². The molecule has 0 aliphatic heterocycles. The van der Waals surface area contributed by atoms with Crippen molar-refractivity contribution in [2.45, 2.75) is 26.8 Å². The van der Waals surface area contributed by atoms with Crippen LogP contribution in [-0.2, 0) is 4.79 Å². The molecular formula is C21H28N2O3. The highest BCUT2D eigenvalue weighted by Gasteiger charge is 2.14. The lowest BCUT2D eigenvalue weighted by Gasteiger charge is -2.24. The first kappa shape index (κ1) is 19.6. The Morgan fingerprint density at radius 3 is 2.15 bits per heavy atom. The molecular weight excluding hydrogens is 328 g/mol. The number of amides is 1. The number of carbonyl (C=O) groups excluding carboxylic acids is 1. The van der Waals surface area contributed by atoms with Gasteiger partial charge in [0.25, 0.3) is 5.91 Å². The van der Waals surface area contributed by atoms with Gasteiger partial charge in [0.2, 0.25) is 0 Å². The van der Waals surface area contributed by atoms with Crippen LogP contribution in [0.4, 0.5) is 5.69 Å². The summed E-state index contributed by atoms with van der Waals surface area (Å²) in [4.78, 5) is 12.1. The molecule has 0 saturated heterocycles. The molecule has 0 spiro atoms. The van der Waals surface area contributed by atoms with Gasteiger partial charge in [-0.2, -0.15) is 0 Å². The highest BCUT2D eigenvalue weighted by Crippen LogP contribution is 2.17. The monoisotopic (exact) mass is 356 g/mol. The van der Waals surface area contributed by atoms with Crippen LogP contribution in [0.25, 0.3) is 0 Å². The number of nitrogens with one attached hydrogen (secondary N) is 2. The van der Waals surface area contributed by atoms with E-state index in [4.69, 9.17) is 9.47 Å². The zero-order chi connectivity index (χ0) is 18.8. The summed E-state index contributed by atoms with van der Waals surface area (Å²) in [5.74, 6) is 1.67. The highest BCUT2D eigenvalue weighted by atomic mass is 16.5. The summed E-state index contributed by atoms with van der Waals surface area (Å²) in [6.07, 6.45) is 0. The Morgan fingerprint density at radius 1 is 0.962 bits per heavy atom. The number of rotatable bonds is 10.